The quantitative estimate of drug-likeness (QED) is 0.840. The van der Waals surface area contributed by atoms with E-state index in [0.717, 1.165) is 36.1 Å². The van der Waals surface area contributed by atoms with Crippen molar-refractivity contribution in [3.8, 4) is 0 Å². The number of H-pyrrole nitrogens is 1. The van der Waals surface area contributed by atoms with E-state index in [0.29, 0.717) is 18.7 Å². The summed E-state index contributed by atoms with van der Waals surface area (Å²) in [7, 11) is 0. The Morgan fingerprint density at radius 3 is 2.82 bits per heavy atom. The Morgan fingerprint density at radius 2 is 2.18 bits per heavy atom. The molecule has 0 bridgehead atoms. The van der Waals surface area contributed by atoms with Crippen molar-refractivity contribution in [2.75, 3.05) is 6.54 Å². The molecule has 4 heteroatoms. The Hall–Kier alpha value is -1.58. The lowest BCUT2D eigenvalue weighted by atomic mass is 9.94. The summed E-state index contributed by atoms with van der Waals surface area (Å²) in [4.78, 5) is 26.8. The van der Waals surface area contributed by atoms with Gasteiger partial charge < -0.3 is 10.3 Å². The van der Waals surface area contributed by atoms with Crippen molar-refractivity contribution in [3.63, 3.8) is 0 Å². The van der Waals surface area contributed by atoms with E-state index in [1.165, 1.54) is 0 Å². The molecule has 1 amide bonds. The number of hydrogen-bond donors (Lipinski definition) is 2. The number of fused-ring (bicyclic) bond motifs is 1. The number of rotatable bonds is 3. The summed E-state index contributed by atoms with van der Waals surface area (Å²) in [6.07, 6.45) is 3.25. The van der Waals surface area contributed by atoms with Gasteiger partial charge in [-0.05, 0) is 31.7 Å². The number of ketones is 1. The molecule has 0 saturated carbocycles. The van der Waals surface area contributed by atoms with E-state index in [-0.39, 0.29) is 11.7 Å². The number of hydrogen-bond acceptors (Lipinski definition) is 2. The summed E-state index contributed by atoms with van der Waals surface area (Å²) < 4.78 is 0. The number of aromatic nitrogens is 1. The fraction of sp³-hybridized carbons (Fsp3) is 0.538. The molecule has 0 saturated heterocycles. The first kappa shape index (κ1) is 11.9. The van der Waals surface area contributed by atoms with Gasteiger partial charge in [0.1, 0.15) is 5.69 Å². The first-order valence-electron chi connectivity index (χ1n) is 6.18. The molecule has 0 unspecified atom stereocenters. The topological polar surface area (TPSA) is 62.0 Å². The molecule has 1 aliphatic carbocycles. The number of amides is 1. The lowest BCUT2D eigenvalue weighted by molar-refractivity contribution is 0.0947. The number of carbonyl (C=O) groups excluding carboxylic acids is 2. The fourth-order valence-electron chi connectivity index (χ4n) is 2.33. The van der Waals surface area contributed by atoms with E-state index in [1.807, 2.05) is 13.8 Å². The molecule has 0 fully saturated rings. The summed E-state index contributed by atoms with van der Waals surface area (Å²) in [5.41, 5.74) is 3.04. The molecule has 0 atom stereocenters. The Kier molecular flexibility index (Phi) is 3.31. The molecule has 1 heterocycles. The van der Waals surface area contributed by atoms with Crippen LogP contribution in [0.5, 0.6) is 0 Å². The molecule has 0 radical (unpaired) electrons. The van der Waals surface area contributed by atoms with Crippen LogP contribution in [0.3, 0.4) is 0 Å². The number of carbonyl (C=O) groups is 2. The van der Waals surface area contributed by atoms with Crippen LogP contribution in [0.1, 0.15) is 58.3 Å². The van der Waals surface area contributed by atoms with Crippen LogP contribution in [0.4, 0.5) is 0 Å². The highest BCUT2D eigenvalue weighted by Gasteiger charge is 2.25. The standard InChI is InChI=1S/C13H18N2O2/c1-3-7-14-13(17)12-8(2)11-9(15-12)5-4-6-10(11)16/h15H,3-7H2,1-2H3,(H,14,17). The molecule has 1 aromatic rings. The molecule has 1 aromatic heterocycles. The van der Waals surface area contributed by atoms with Crippen molar-refractivity contribution in [2.45, 2.75) is 39.5 Å². The van der Waals surface area contributed by atoms with Gasteiger partial charge in [-0.3, -0.25) is 9.59 Å². The van der Waals surface area contributed by atoms with Crippen LogP contribution in [0.15, 0.2) is 0 Å². The van der Waals surface area contributed by atoms with Crippen molar-refractivity contribution >= 4 is 11.7 Å². The van der Waals surface area contributed by atoms with E-state index < -0.39 is 0 Å². The SMILES string of the molecule is CCCNC(=O)c1[nH]c2c(c1C)C(=O)CCC2. The average Bonchev–Trinajstić information content (AvgIpc) is 2.65. The minimum atomic E-state index is -0.105. The average molecular weight is 234 g/mol. The van der Waals surface area contributed by atoms with Crippen LogP contribution < -0.4 is 5.32 Å². The molecule has 0 aromatic carbocycles. The van der Waals surface area contributed by atoms with Crippen LogP contribution in [-0.2, 0) is 6.42 Å². The van der Waals surface area contributed by atoms with Crippen molar-refractivity contribution in [1.29, 1.82) is 0 Å². The first-order chi connectivity index (χ1) is 8.15. The van der Waals surface area contributed by atoms with Gasteiger partial charge in [-0.25, -0.2) is 0 Å². The Morgan fingerprint density at radius 1 is 1.41 bits per heavy atom. The van der Waals surface area contributed by atoms with Gasteiger partial charge in [-0.15, -0.1) is 0 Å². The normalized spacial score (nSPS) is 14.6. The molecule has 0 spiro atoms. The molecular weight excluding hydrogens is 216 g/mol. The summed E-state index contributed by atoms with van der Waals surface area (Å²) in [5.74, 6) is 0.0566. The third kappa shape index (κ3) is 2.12. The van der Waals surface area contributed by atoms with E-state index in [2.05, 4.69) is 10.3 Å². The smallest absolute Gasteiger partial charge is 0.268 e. The highest BCUT2D eigenvalue weighted by Crippen LogP contribution is 2.26. The zero-order valence-electron chi connectivity index (χ0n) is 10.4. The lowest BCUT2D eigenvalue weighted by Gasteiger charge is -2.09. The monoisotopic (exact) mass is 234 g/mol. The molecule has 17 heavy (non-hydrogen) atoms. The van der Waals surface area contributed by atoms with E-state index in [1.54, 1.807) is 0 Å². The molecule has 2 N–H and O–H groups in total. The fourth-order valence-corrected chi connectivity index (χ4v) is 2.33. The molecule has 92 valence electrons. The maximum Gasteiger partial charge on any atom is 0.268 e. The van der Waals surface area contributed by atoms with Crippen LogP contribution >= 0.6 is 0 Å². The minimum Gasteiger partial charge on any atom is -0.354 e. The zero-order chi connectivity index (χ0) is 12.4. The summed E-state index contributed by atoms with van der Waals surface area (Å²) >= 11 is 0. The second kappa shape index (κ2) is 4.73. The summed E-state index contributed by atoms with van der Waals surface area (Å²) in [6, 6.07) is 0. The van der Waals surface area contributed by atoms with Gasteiger partial charge in [0.15, 0.2) is 5.78 Å². The lowest BCUT2D eigenvalue weighted by Crippen LogP contribution is -2.25. The van der Waals surface area contributed by atoms with E-state index in [4.69, 9.17) is 0 Å². The van der Waals surface area contributed by atoms with Crippen LogP contribution in [0.2, 0.25) is 0 Å². The van der Waals surface area contributed by atoms with Crippen molar-refractivity contribution < 1.29 is 9.59 Å². The predicted octanol–water partition coefficient (Wildman–Crippen LogP) is 1.98. The molecule has 4 nitrogen and oxygen atoms in total. The second-order valence-corrected chi connectivity index (χ2v) is 4.51. The van der Waals surface area contributed by atoms with Gasteiger partial charge in [-0.1, -0.05) is 6.92 Å². The minimum absolute atomic E-state index is 0.105. The summed E-state index contributed by atoms with van der Waals surface area (Å²) in [5, 5.41) is 2.83. The highest BCUT2D eigenvalue weighted by molar-refractivity contribution is 6.04. The molecule has 1 aliphatic rings. The number of aryl methyl sites for hydroxylation is 1. The highest BCUT2D eigenvalue weighted by atomic mass is 16.2. The van der Waals surface area contributed by atoms with Gasteiger partial charge in [0.2, 0.25) is 0 Å². The van der Waals surface area contributed by atoms with Gasteiger partial charge in [0, 0.05) is 24.2 Å². The maximum atomic E-state index is 11.9. The van der Waals surface area contributed by atoms with Gasteiger partial charge >= 0.3 is 0 Å². The van der Waals surface area contributed by atoms with Crippen molar-refractivity contribution in [3.05, 3.63) is 22.5 Å². The van der Waals surface area contributed by atoms with Crippen LogP contribution in [0.25, 0.3) is 0 Å². The Bertz CT molecular complexity index is 460. The van der Waals surface area contributed by atoms with Crippen LogP contribution in [-0.4, -0.2) is 23.2 Å². The third-order valence-electron chi connectivity index (χ3n) is 3.20. The number of nitrogens with one attached hydrogen (secondary N) is 2. The Balaban J connectivity index is 2.31. The zero-order valence-corrected chi connectivity index (χ0v) is 10.4. The van der Waals surface area contributed by atoms with Gasteiger partial charge in [-0.2, -0.15) is 0 Å². The third-order valence-corrected chi connectivity index (χ3v) is 3.20. The second-order valence-electron chi connectivity index (χ2n) is 4.51. The molecule has 0 aliphatic heterocycles. The first-order valence-corrected chi connectivity index (χ1v) is 6.18. The van der Waals surface area contributed by atoms with E-state index in [9.17, 15) is 9.59 Å². The largest absolute Gasteiger partial charge is 0.354 e. The molecule has 2 rings (SSSR count). The predicted molar refractivity (Wildman–Crippen MR) is 65.4 cm³/mol. The van der Waals surface area contributed by atoms with Crippen molar-refractivity contribution in [1.82, 2.24) is 10.3 Å². The van der Waals surface area contributed by atoms with Gasteiger partial charge in [0.05, 0.1) is 0 Å². The van der Waals surface area contributed by atoms with Gasteiger partial charge in [0.25, 0.3) is 5.91 Å². The van der Waals surface area contributed by atoms with E-state index >= 15 is 0 Å². The number of Topliss-reactive ketones (excluding diaryl/α,β-unsaturated/α-hetero) is 1. The molecular formula is C13H18N2O2. The summed E-state index contributed by atoms with van der Waals surface area (Å²) in [6.45, 7) is 4.52. The maximum absolute atomic E-state index is 11.9. The number of aromatic amines is 1. The van der Waals surface area contributed by atoms with Crippen molar-refractivity contribution in [2.24, 2.45) is 0 Å². The Labute approximate surface area is 101 Å². The van der Waals surface area contributed by atoms with Crippen LogP contribution in [0, 0.1) is 6.92 Å².